The third kappa shape index (κ3) is 5.01. The molecular formula is C21H16BrFN2O3. The van der Waals surface area contributed by atoms with Crippen molar-refractivity contribution in [2.24, 2.45) is 0 Å². The number of carboxylic acid groups (broad SMARTS) is 1. The van der Waals surface area contributed by atoms with Gasteiger partial charge in [-0.05, 0) is 48.6 Å². The zero-order valence-electron chi connectivity index (χ0n) is 14.7. The number of benzene rings is 2. The van der Waals surface area contributed by atoms with Gasteiger partial charge in [-0.3, -0.25) is 14.3 Å². The molecule has 0 spiro atoms. The standard InChI is InChI=1S/C21H16BrFN2O3/c22-17-6-1-15(2-7-17)21-16(13-25(24-21)12-11-20(27)28)5-10-19(26)14-3-8-18(23)9-4-14/h1-10,13H,11-12H2,(H,27,28). The number of allylic oxidation sites excluding steroid dienone is 1. The van der Waals surface area contributed by atoms with E-state index in [1.54, 1.807) is 17.0 Å². The van der Waals surface area contributed by atoms with Gasteiger partial charge in [0.15, 0.2) is 5.78 Å². The van der Waals surface area contributed by atoms with Crippen LogP contribution in [0.25, 0.3) is 17.3 Å². The predicted octanol–water partition coefficient (Wildman–Crippen LogP) is 4.82. The van der Waals surface area contributed by atoms with Crippen molar-refractivity contribution in [1.29, 1.82) is 0 Å². The third-order valence-corrected chi connectivity index (χ3v) is 4.53. The quantitative estimate of drug-likeness (QED) is 0.420. The lowest BCUT2D eigenvalue weighted by Gasteiger charge is -2.00. The van der Waals surface area contributed by atoms with Crippen LogP contribution in [0.5, 0.6) is 0 Å². The number of rotatable bonds is 7. The fraction of sp³-hybridized carbons (Fsp3) is 0.0952. The minimum absolute atomic E-state index is 0.0564. The summed E-state index contributed by atoms with van der Waals surface area (Å²) in [5.74, 6) is -1.58. The maximum absolute atomic E-state index is 13.0. The Bertz CT molecular complexity index is 1020. The van der Waals surface area contributed by atoms with E-state index in [9.17, 15) is 14.0 Å². The molecule has 1 aromatic heterocycles. The van der Waals surface area contributed by atoms with E-state index < -0.39 is 11.8 Å². The monoisotopic (exact) mass is 442 g/mol. The number of aryl methyl sites for hydroxylation is 1. The number of carboxylic acids is 1. The van der Waals surface area contributed by atoms with E-state index >= 15 is 0 Å². The summed E-state index contributed by atoms with van der Waals surface area (Å²) in [6.07, 6.45) is 4.68. The Morgan fingerprint density at radius 2 is 1.79 bits per heavy atom. The Balaban J connectivity index is 1.90. The molecule has 0 aliphatic rings. The van der Waals surface area contributed by atoms with E-state index in [-0.39, 0.29) is 18.7 Å². The second kappa shape index (κ2) is 8.75. The van der Waals surface area contributed by atoms with Crippen molar-refractivity contribution in [3.8, 4) is 11.3 Å². The average molecular weight is 443 g/mol. The predicted molar refractivity (Wildman–Crippen MR) is 107 cm³/mol. The molecular weight excluding hydrogens is 427 g/mol. The molecule has 1 heterocycles. The summed E-state index contributed by atoms with van der Waals surface area (Å²) in [5, 5.41) is 13.4. The lowest BCUT2D eigenvalue weighted by atomic mass is 10.1. The van der Waals surface area contributed by atoms with Crippen LogP contribution < -0.4 is 0 Å². The first-order valence-electron chi connectivity index (χ1n) is 8.45. The zero-order chi connectivity index (χ0) is 20.1. The van der Waals surface area contributed by atoms with Crippen molar-refractivity contribution in [3.05, 3.63) is 82.2 Å². The van der Waals surface area contributed by atoms with Gasteiger partial charge >= 0.3 is 5.97 Å². The molecule has 0 aliphatic heterocycles. The number of ketones is 1. The number of aromatic nitrogens is 2. The van der Waals surface area contributed by atoms with E-state index in [2.05, 4.69) is 21.0 Å². The fourth-order valence-corrected chi connectivity index (χ4v) is 2.86. The van der Waals surface area contributed by atoms with Crippen LogP contribution in [0.1, 0.15) is 22.3 Å². The van der Waals surface area contributed by atoms with E-state index in [0.29, 0.717) is 16.8 Å². The molecule has 7 heteroatoms. The third-order valence-electron chi connectivity index (χ3n) is 4.01. The molecule has 2 aromatic carbocycles. The van der Waals surface area contributed by atoms with Gasteiger partial charge in [0.25, 0.3) is 0 Å². The van der Waals surface area contributed by atoms with E-state index in [0.717, 1.165) is 10.0 Å². The Kier molecular flexibility index (Phi) is 6.16. The van der Waals surface area contributed by atoms with Gasteiger partial charge in [0.05, 0.1) is 18.7 Å². The number of carbonyl (C=O) groups excluding carboxylic acids is 1. The minimum atomic E-state index is -0.913. The van der Waals surface area contributed by atoms with Gasteiger partial charge in [-0.2, -0.15) is 5.10 Å². The molecule has 28 heavy (non-hydrogen) atoms. The van der Waals surface area contributed by atoms with Crippen LogP contribution in [0, 0.1) is 5.82 Å². The Morgan fingerprint density at radius 3 is 2.43 bits per heavy atom. The van der Waals surface area contributed by atoms with E-state index in [1.807, 2.05) is 24.3 Å². The summed E-state index contributed by atoms with van der Waals surface area (Å²) in [7, 11) is 0. The Labute approximate surface area is 169 Å². The van der Waals surface area contributed by atoms with Gasteiger partial charge in [-0.1, -0.05) is 28.1 Å². The van der Waals surface area contributed by atoms with Crippen molar-refractivity contribution in [2.45, 2.75) is 13.0 Å². The second-order valence-electron chi connectivity index (χ2n) is 6.05. The first-order valence-corrected chi connectivity index (χ1v) is 9.25. The van der Waals surface area contributed by atoms with Crippen LogP contribution in [0.2, 0.25) is 0 Å². The van der Waals surface area contributed by atoms with Crippen LogP contribution in [-0.4, -0.2) is 26.6 Å². The molecule has 0 atom stereocenters. The van der Waals surface area contributed by atoms with Gasteiger partial charge < -0.3 is 5.11 Å². The lowest BCUT2D eigenvalue weighted by molar-refractivity contribution is -0.137. The molecule has 5 nitrogen and oxygen atoms in total. The van der Waals surface area contributed by atoms with E-state index in [1.165, 1.54) is 30.3 Å². The summed E-state index contributed by atoms with van der Waals surface area (Å²) >= 11 is 3.39. The number of hydrogen-bond donors (Lipinski definition) is 1. The maximum Gasteiger partial charge on any atom is 0.305 e. The summed E-state index contributed by atoms with van der Waals surface area (Å²) in [5.41, 5.74) is 2.54. The average Bonchev–Trinajstić information content (AvgIpc) is 3.09. The molecule has 0 aliphatic carbocycles. The van der Waals surface area contributed by atoms with Gasteiger partial charge in [-0.25, -0.2) is 4.39 Å². The van der Waals surface area contributed by atoms with Gasteiger partial charge in [-0.15, -0.1) is 0 Å². The molecule has 142 valence electrons. The topological polar surface area (TPSA) is 72.2 Å². The second-order valence-corrected chi connectivity index (χ2v) is 6.97. The summed E-state index contributed by atoms with van der Waals surface area (Å²) in [4.78, 5) is 23.2. The molecule has 3 rings (SSSR count). The lowest BCUT2D eigenvalue weighted by Crippen LogP contribution is -2.04. The summed E-state index contributed by atoms with van der Waals surface area (Å²) < 4.78 is 15.5. The van der Waals surface area contributed by atoms with Crippen LogP contribution >= 0.6 is 15.9 Å². The number of nitrogens with zero attached hydrogens (tertiary/aromatic N) is 2. The zero-order valence-corrected chi connectivity index (χ0v) is 16.3. The number of carbonyl (C=O) groups is 2. The van der Waals surface area contributed by atoms with E-state index in [4.69, 9.17) is 5.11 Å². The van der Waals surface area contributed by atoms with Crippen molar-refractivity contribution in [2.75, 3.05) is 0 Å². The molecule has 0 saturated heterocycles. The molecule has 0 saturated carbocycles. The van der Waals surface area contributed by atoms with Crippen molar-refractivity contribution in [1.82, 2.24) is 9.78 Å². The van der Waals surface area contributed by atoms with Crippen LogP contribution in [0.4, 0.5) is 4.39 Å². The molecule has 0 amide bonds. The first-order chi connectivity index (χ1) is 13.4. The van der Waals surface area contributed by atoms with Gasteiger partial charge in [0.1, 0.15) is 5.82 Å². The highest BCUT2D eigenvalue weighted by atomic mass is 79.9. The molecule has 0 bridgehead atoms. The molecule has 3 aromatic rings. The molecule has 0 fully saturated rings. The van der Waals surface area contributed by atoms with Crippen LogP contribution in [-0.2, 0) is 11.3 Å². The molecule has 0 radical (unpaired) electrons. The largest absolute Gasteiger partial charge is 0.481 e. The summed E-state index contributed by atoms with van der Waals surface area (Å²) in [6, 6.07) is 12.8. The Morgan fingerprint density at radius 1 is 1.11 bits per heavy atom. The number of halogens is 2. The maximum atomic E-state index is 13.0. The highest BCUT2D eigenvalue weighted by molar-refractivity contribution is 9.10. The van der Waals surface area contributed by atoms with Gasteiger partial charge in [0.2, 0.25) is 0 Å². The normalized spacial score (nSPS) is 11.1. The van der Waals surface area contributed by atoms with Crippen LogP contribution in [0.3, 0.4) is 0 Å². The first kappa shape index (κ1) is 19.7. The Hall–Kier alpha value is -3.06. The molecule has 0 unspecified atom stereocenters. The highest BCUT2D eigenvalue weighted by Gasteiger charge is 2.11. The van der Waals surface area contributed by atoms with Crippen LogP contribution in [0.15, 0.2) is 65.3 Å². The number of hydrogen-bond acceptors (Lipinski definition) is 3. The smallest absolute Gasteiger partial charge is 0.305 e. The SMILES string of the molecule is O=C(O)CCn1cc(C=CC(=O)c2ccc(F)cc2)c(-c2ccc(Br)cc2)n1. The molecule has 1 N–H and O–H groups in total. The fourth-order valence-electron chi connectivity index (χ4n) is 2.59. The number of aliphatic carboxylic acids is 1. The van der Waals surface area contributed by atoms with Crippen molar-refractivity contribution < 1.29 is 19.1 Å². The van der Waals surface area contributed by atoms with Crippen molar-refractivity contribution in [3.63, 3.8) is 0 Å². The highest BCUT2D eigenvalue weighted by Crippen LogP contribution is 2.25. The van der Waals surface area contributed by atoms with Crippen molar-refractivity contribution >= 4 is 33.8 Å². The minimum Gasteiger partial charge on any atom is -0.481 e. The van der Waals surface area contributed by atoms with Gasteiger partial charge in [0, 0.05) is 27.4 Å². The summed E-state index contributed by atoms with van der Waals surface area (Å²) in [6.45, 7) is 0.221.